The molecule has 0 fully saturated rings. The van der Waals surface area contributed by atoms with Crippen molar-refractivity contribution in [2.24, 2.45) is 7.05 Å². The van der Waals surface area contributed by atoms with E-state index in [1.165, 1.54) is 27.7 Å². The lowest BCUT2D eigenvalue weighted by molar-refractivity contribution is 0.548. The molecule has 16 heavy (non-hydrogen) atoms. The second-order valence-electron chi connectivity index (χ2n) is 4.93. The van der Waals surface area contributed by atoms with E-state index in [1.54, 1.807) is 0 Å². The molecule has 1 unspecified atom stereocenters. The zero-order valence-electron chi connectivity index (χ0n) is 10.2. The zero-order valence-corrected chi connectivity index (χ0v) is 10.2. The van der Waals surface area contributed by atoms with Crippen LogP contribution in [-0.2, 0) is 13.6 Å². The first-order chi connectivity index (χ1) is 7.70. The molecule has 1 aliphatic heterocycles. The monoisotopic (exact) mass is 214 g/mol. The maximum Gasteiger partial charge on any atom is 0.0513 e. The number of benzene rings is 1. The first kappa shape index (κ1) is 9.91. The highest BCUT2D eigenvalue weighted by atomic mass is 15.0. The predicted molar refractivity (Wildman–Crippen MR) is 67.8 cm³/mol. The molecule has 1 N–H and O–H groups in total. The van der Waals surface area contributed by atoms with Gasteiger partial charge in [0.25, 0.3) is 0 Å². The van der Waals surface area contributed by atoms with E-state index in [-0.39, 0.29) is 0 Å². The molecule has 1 aliphatic rings. The van der Waals surface area contributed by atoms with Gasteiger partial charge in [-0.1, -0.05) is 25.1 Å². The van der Waals surface area contributed by atoms with Crippen LogP contribution in [0.4, 0.5) is 0 Å². The Morgan fingerprint density at radius 1 is 1.38 bits per heavy atom. The van der Waals surface area contributed by atoms with Gasteiger partial charge in [0.05, 0.1) is 5.52 Å². The van der Waals surface area contributed by atoms with Gasteiger partial charge in [0.15, 0.2) is 0 Å². The highest BCUT2D eigenvalue weighted by Crippen LogP contribution is 2.33. The van der Waals surface area contributed by atoms with Crippen LogP contribution in [-0.4, -0.2) is 11.1 Å². The van der Waals surface area contributed by atoms with Gasteiger partial charge in [-0.15, -0.1) is 0 Å². The van der Waals surface area contributed by atoms with E-state index in [4.69, 9.17) is 0 Å². The van der Waals surface area contributed by atoms with Gasteiger partial charge in [0, 0.05) is 37.1 Å². The van der Waals surface area contributed by atoms with Gasteiger partial charge >= 0.3 is 0 Å². The number of nitrogens with one attached hydrogen (secondary N) is 1. The fourth-order valence-corrected chi connectivity index (χ4v) is 3.13. The lowest BCUT2D eigenvalue weighted by Crippen LogP contribution is -2.27. The summed E-state index contributed by atoms with van der Waals surface area (Å²) in [5.74, 6) is 0.612. The fraction of sp³-hybridized carbons (Fsp3) is 0.429. The second-order valence-corrected chi connectivity index (χ2v) is 4.93. The van der Waals surface area contributed by atoms with E-state index in [2.05, 4.69) is 49.0 Å². The molecule has 3 rings (SSSR count). The lowest BCUT2D eigenvalue weighted by atomic mass is 9.98. The number of hydrogen-bond donors (Lipinski definition) is 1. The number of aromatic nitrogens is 1. The van der Waals surface area contributed by atoms with Crippen molar-refractivity contribution >= 4 is 10.9 Å². The maximum absolute atomic E-state index is 3.50. The molecule has 0 spiro atoms. The van der Waals surface area contributed by atoms with Crippen molar-refractivity contribution in [1.29, 1.82) is 0 Å². The van der Waals surface area contributed by atoms with Crippen molar-refractivity contribution in [2.75, 3.05) is 6.54 Å². The Morgan fingerprint density at radius 2 is 2.19 bits per heavy atom. The highest BCUT2D eigenvalue weighted by Gasteiger charge is 2.23. The number of hydrogen-bond acceptors (Lipinski definition) is 1. The summed E-state index contributed by atoms with van der Waals surface area (Å²) in [5.41, 5.74) is 5.80. The summed E-state index contributed by atoms with van der Waals surface area (Å²) in [4.78, 5) is 0. The van der Waals surface area contributed by atoms with E-state index in [1.807, 2.05) is 0 Å². The Morgan fingerprint density at radius 3 is 3.00 bits per heavy atom. The minimum absolute atomic E-state index is 0.612. The number of fused-ring (bicyclic) bond motifs is 3. The summed E-state index contributed by atoms with van der Waals surface area (Å²) in [7, 11) is 2.20. The van der Waals surface area contributed by atoms with Gasteiger partial charge in [-0.25, -0.2) is 0 Å². The van der Waals surface area contributed by atoms with Crippen molar-refractivity contribution in [3.63, 3.8) is 0 Å². The van der Waals surface area contributed by atoms with Crippen LogP contribution < -0.4 is 5.32 Å². The minimum atomic E-state index is 0.612. The zero-order chi connectivity index (χ0) is 11.3. The van der Waals surface area contributed by atoms with Gasteiger partial charge in [-0.05, 0) is 18.1 Å². The van der Waals surface area contributed by atoms with Gasteiger partial charge in [-0.2, -0.15) is 0 Å². The first-order valence-corrected chi connectivity index (χ1v) is 5.97. The van der Waals surface area contributed by atoms with Gasteiger partial charge < -0.3 is 9.88 Å². The summed E-state index contributed by atoms with van der Waals surface area (Å²) in [6.07, 6.45) is 0. The molecule has 2 aromatic rings. The van der Waals surface area contributed by atoms with E-state index in [0.717, 1.165) is 13.1 Å². The van der Waals surface area contributed by atoms with Gasteiger partial charge in [0.1, 0.15) is 0 Å². The molecule has 2 heteroatoms. The fourth-order valence-electron chi connectivity index (χ4n) is 3.13. The lowest BCUT2D eigenvalue weighted by Gasteiger charge is -2.22. The molecule has 0 amide bonds. The number of aryl methyl sites for hydroxylation is 2. The summed E-state index contributed by atoms with van der Waals surface area (Å²) in [5, 5.41) is 4.93. The third-order valence-electron chi connectivity index (χ3n) is 3.79. The Hall–Kier alpha value is -1.28. The molecule has 1 aromatic heterocycles. The highest BCUT2D eigenvalue weighted by molar-refractivity contribution is 5.88. The summed E-state index contributed by atoms with van der Waals surface area (Å²) in [6, 6.07) is 6.62. The van der Waals surface area contributed by atoms with Gasteiger partial charge in [0.2, 0.25) is 0 Å². The Bertz CT molecular complexity index is 551. The van der Waals surface area contributed by atoms with Crippen molar-refractivity contribution in [2.45, 2.75) is 26.3 Å². The molecule has 1 atom stereocenters. The normalized spacial score (nSPS) is 20.1. The van der Waals surface area contributed by atoms with Crippen molar-refractivity contribution in [3.05, 3.63) is 35.0 Å². The van der Waals surface area contributed by atoms with Gasteiger partial charge in [-0.3, -0.25) is 0 Å². The molecule has 0 radical (unpaired) electrons. The molecular weight excluding hydrogens is 196 g/mol. The predicted octanol–water partition coefficient (Wildman–Crippen LogP) is 2.69. The van der Waals surface area contributed by atoms with Crippen LogP contribution in [0.5, 0.6) is 0 Å². The standard InChI is InChI=1S/C14H18N2/c1-9-5-4-6-11-12-8-15-7-10(2)14(12)16(3)13(9)11/h4-6,10,15H,7-8H2,1-3H3. The summed E-state index contributed by atoms with van der Waals surface area (Å²) >= 11 is 0. The minimum Gasteiger partial charge on any atom is -0.347 e. The maximum atomic E-state index is 3.50. The quantitative estimate of drug-likeness (QED) is 0.713. The van der Waals surface area contributed by atoms with E-state index in [0.29, 0.717) is 5.92 Å². The first-order valence-electron chi connectivity index (χ1n) is 5.97. The molecule has 0 saturated heterocycles. The molecule has 0 bridgehead atoms. The molecule has 84 valence electrons. The van der Waals surface area contributed by atoms with E-state index in [9.17, 15) is 0 Å². The molecular formula is C14H18N2. The smallest absolute Gasteiger partial charge is 0.0513 e. The topological polar surface area (TPSA) is 17.0 Å². The van der Waals surface area contributed by atoms with Crippen LogP contribution in [0.1, 0.15) is 29.7 Å². The van der Waals surface area contributed by atoms with Crippen molar-refractivity contribution in [1.82, 2.24) is 9.88 Å². The van der Waals surface area contributed by atoms with Crippen LogP contribution in [0.3, 0.4) is 0 Å². The summed E-state index contributed by atoms with van der Waals surface area (Å²) in [6.45, 7) is 6.61. The molecule has 1 aromatic carbocycles. The largest absolute Gasteiger partial charge is 0.347 e. The van der Waals surface area contributed by atoms with Crippen molar-refractivity contribution < 1.29 is 0 Å². The van der Waals surface area contributed by atoms with Crippen LogP contribution in [0.15, 0.2) is 18.2 Å². The second kappa shape index (κ2) is 3.36. The Labute approximate surface area is 96.3 Å². The molecule has 2 heterocycles. The Kier molecular flexibility index (Phi) is 2.08. The van der Waals surface area contributed by atoms with Crippen LogP contribution in [0.2, 0.25) is 0 Å². The summed E-state index contributed by atoms with van der Waals surface area (Å²) < 4.78 is 2.39. The van der Waals surface area contributed by atoms with Crippen LogP contribution in [0, 0.1) is 6.92 Å². The van der Waals surface area contributed by atoms with E-state index >= 15 is 0 Å². The Balaban J connectivity index is 2.43. The molecule has 0 aliphatic carbocycles. The van der Waals surface area contributed by atoms with Crippen LogP contribution >= 0.6 is 0 Å². The average Bonchev–Trinajstić information content (AvgIpc) is 2.56. The average molecular weight is 214 g/mol. The van der Waals surface area contributed by atoms with Crippen LogP contribution in [0.25, 0.3) is 10.9 Å². The number of rotatable bonds is 0. The SMILES string of the molecule is Cc1cccc2c3c(n(C)c12)C(C)CNC3. The molecule has 0 saturated carbocycles. The molecule has 2 nitrogen and oxygen atoms in total. The number of para-hydroxylation sites is 1. The van der Waals surface area contributed by atoms with Crippen molar-refractivity contribution in [3.8, 4) is 0 Å². The number of nitrogens with zero attached hydrogens (tertiary/aromatic N) is 1. The van der Waals surface area contributed by atoms with E-state index < -0.39 is 0 Å². The third kappa shape index (κ3) is 1.17. The third-order valence-corrected chi connectivity index (χ3v) is 3.79.